The number of carbonyl (C=O) groups excluding carboxylic acids is 1. The van der Waals surface area contributed by atoms with Crippen molar-refractivity contribution in [2.24, 2.45) is 0 Å². The number of amides is 1. The highest BCUT2D eigenvalue weighted by Gasteiger charge is 2.23. The average molecular weight is 280 g/mol. The molecule has 0 bridgehead atoms. The first-order chi connectivity index (χ1) is 9.11. The van der Waals surface area contributed by atoms with E-state index in [-0.39, 0.29) is 11.9 Å². The van der Waals surface area contributed by atoms with Gasteiger partial charge in [-0.25, -0.2) is 4.52 Å². The summed E-state index contributed by atoms with van der Waals surface area (Å²) in [4.78, 5) is 17.5. The van der Waals surface area contributed by atoms with Gasteiger partial charge in [-0.05, 0) is 18.6 Å². The molecule has 0 spiro atoms. The quantitative estimate of drug-likeness (QED) is 0.903. The Labute approximate surface area is 115 Å². The molecule has 3 heterocycles. The average Bonchev–Trinajstić information content (AvgIpc) is 2.75. The number of likely N-dealkylation sites (N-methyl/N-ethyl adjacent to an activating group) is 1. The van der Waals surface area contributed by atoms with Crippen LogP contribution in [0.3, 0.4) is 0 Å². The normalized spacial score (nSPS) is 20.0. The molecule has 1 aliphatic heterocycles. The third-order valence-electron chi connectivity index (χ3n) is 3.25. The van der Waals surface area contributed by atoms with Crippen LogP contribution in [0.5, 0.6) is 0 Å². The maximum atomic E-state index is 11.4. The monoisotopic (exact) mass is 279 g/mol. The van der Waals surface area contributed by atoms with Gasteiger partial charge < -0.3 is 10.2 Å². The molecular formula is C12H14ClN5O. The summed E-state index contributed by atoms with van der Waals surface area (Å²) in [6, 6.07) is 3.79. The zero-order chi connectivity index (χ0) is 13.4. The van der Waals surface area contributed by atoms with Crippen molar-refractivity contribution in [2.75, 3.05) is 18.9 Å². The van der Waals surface area contributed by atoms with Gasteiger partial charge in [0.05, 0.1) is 5.02 Å². The summed E-state index contributed by atoms with van der Waals surface area (Å²) in [7, 11) is 1.81. The van der Waals surface area contributed by atoms with E-state index in [1.54, 1.807) is 21.7 Å². The van der Waals surface area contributed by atoms with Gasteiger partial charge in [0.1, 0.15) is 0 Å². The number of nitrogens with zero attached hydrogens (tertiary/aromatic N) is 4. The van der Waals surface area contributed by atoms with Crippen LogP contribution in [0.1, 0.15) is 12.8 Å². The van der Waals surface area contributed by atoms with E-state index in [1.807, 2.05) is 13.1 Å². The lowest BCUT2D eigenvalue weighted by Crippen LogP contribution is -2.43. The SMILES string of the molecule is CN1CC(Nc2nc3ccc(Cl)cn3n2)CCC1=O. The number of likely N-dealkylation sites (tertiary alicyclic amines) is 1. The Morgan fingerprint density at radius 1 is 1.47 bits per heavy atom. The van der Waals surface area contributed by atoms with Crippen LogP contribution in [0, 0.1) is 0 Å². The van der Waals surface area contributed by atoms with E-state index in [2.05, 4.69) is 15.4 Å². The molecule has 100 valence electrons. The summed E-state index contributed by atoms with van der Waals surface area (Å²) in [5, 5.41) is 8.20. The highest BCUT2D eigenvalue weighted by atomic mass is 35.5. The molecule has 1 atom stereocenters. The van der Waals surface area contributed by atoms with Crippen LogP contribution >= 0.6 is 11.6 Å². The Hall–Kier alpha value is -1.82. The Bertz CT molecular complexity index is 626. The topological polar surface area (TPSA) is 62.5 Å². The maximum Gasteiger partial charge on any atom is 0.243 e. The van der Waals surface area contributed by atoms with Gasteiger partial charge in [0, 0.05) is 32.3 Å². The van der Waals surface area contributed by atoms with Gasteiger partial charge in [-0.3, -0.25) is 4.79 Å². The van der Waals surface area contributed by atoms with Crippen molar-refractivity contribution in [2.45, 2.75) is 18.9 Å². The van der Waals surface area contributed by atoms with Crippen LogP contribution in [0.15, 0.2) is 18.3 Å². The molecule has 7 heteroatoms. The molecule has 0 aliphatic carbocycles. The second-order valence-corrected chi connectivity index (χ2v) is 5.18. The molecule has 0 aromatic carbocycles. The molecule has 2 aromatic rings. The van der Waals surface area contributed by atoms with Gasteiger partial charge in [0.15, 0.2) is 5.65 Å². The number of aromatic nitrogens is 3. The highest BCUT2D eigenvalue weighted by Crippen LogP contribution is 2.15. The minimum absolute atomic E-state index is 0.188. The maximum absolute atomic E-state index is 11.4. The van der Waals surface area contributed by atoms with Crippen molar-refractivity contribution >= 4 is 29.1 Å². The lowest BCUT2D eigenvalue weighted by molar-refractivity contribution is -0.132. The van der Waals surface area contributed by atoms with Crippen molar-refractivity contribution in [3.8, 4) is 0 Å². The van der Waals surface area contributed by atoms with E-state index >= 15 is 0 Å². The number of hydrogen-bond acceptors (Lipinski definition) is 4. The number of nitrogens with one attached hydrogen (secondary N) is 1. The number of fused-ring (bicyclic) bond motifs is 1. The van der Waals surface area contributed by atoms with Crippen molar-refractivity contribution in [3.05, 3.63) is 23.4 Å². The molecule has 0 radical (unpaired) electrons. The van der Waals surface area contributed by atoms with Crippen molar-refractivity contribution in [3.63, 3.8) is 0 Å². The molecule has 19 heavy (non-hydrogen) atoms. The molecule has 1 aliphatic rings. The Morgan fingerprint density at radius 3 is 3.11 bits per heavy atom. The number of halogens is 1. The molecule has 1 unspecified atom stereocenters. The summed E-state index contributed by atoms with van der Waals surface area (Å²) in [5.41, 5.74) is 0.743. The largest absolute Gasteiger partial charge is 0.348 e. The van der Waals surface area contributed by atoms with Gasteiger partial charge >= 0.3 is 0 Å². The molecular weight excluding hydrogens is 266 g/mol. The minimum atomic E-state index is 0.188. The van der Waals surface area contributed by atoms with Crippen LogP contribution in [-0.2, 0) is 4.79 Å². The Morgan fingerprint density at radius 2 is 2.32 bits per heavy atom. The van der Waals surface area contributed by atoms with E-state index < -0.39 is 0 Å². The van der Waals surface area contributed by atoms with Crippen LogP contribution in [0.4, 0.5) is 5.95 Å². The van der Waals surface area contributed by atoms with Gasteiger partial charge in [0.2, 0.25) is 11.9 Å². The number of carbonyl (C=O) groups is 1. The molecule has 6 nitrogen and oxygen atoms in total. The fourth-order valence-corrected chi connectivity index (χ4v) is 2.39. The second kappa shape index (κ2) is 4.70. The number of anilines is 1. The van der Waals surface area contributed by atoms with Crippen LogP contribution in [0.2, 0.25) is 5.02 Å². The smallest absolute Gasteiger partial charge is 0.243 e. The van der Waals surface area contributed by atoms with Gasteiger partial charge in [0.25, 0.3) is 0 Å². The van der Waals surface area contributed by atoms with Crippen LogP contribution in [0.25, 0.3) is 5.65 Å². The van der Waals surface area contributed by atoms with Crippen molar-refractivity contribution < 1.29 is 4.79 Å². The Balaban J connectivity index is 1.76. The molecule has 3 rings (SSSR count). The molecule has 1 fully saturated rings. The van der Waals surface area contributed by atoms with E-state index in [0.717, 1.165) is 12.1 Å². The van der Waals surface area contributed by atoms with Crippen molar-refractivity contribution in [1.82, 2.24) is 19.5 Å². The highest BCUT2D eigenvalue weighted by molar-refractivity contribution is 6.30. The van der Waals surface area contributed by atoms with Crippen molar-refractivity contribution in [1.29, 1.82) is 0 Å². The van der Waals surface area contributed by atoms with E-state index in [4.69, 9.17) is 11.6 Å². The van der Waals surface area contributed by atoms with Crippen LogP contribution < -0.4 is 5.32 Å². The summed E-state index contributed by atoms with van der Waals surface area (Å²) in [6.07, 6.45) is 3.08. The lowest BCUT2D eigenvalue weighted by Gasteiger charge is -2.29. The van der Waals surface area contributed by atoms with Gasteiger partial charge in [-0.15, -0.1) is 5.10 Å². The summed E-state index contributed by atoms with van der Waals surface area (Å²) < 4.78 is 1.64. The third-order valence-corrected chi connectivity index (χ3v) is 3.48. The molecule has 1 amide bonds. The molecule has 2 aromatic heterocycles. The molecule has 1 saturated heterocycles. The number of hydrogen-bond donors (Lipinski definition) is 1. The minimum Gasteiger partial charge on any atom is -0.348 e. The first kappa shape index (κ1) is 12.2. The van der Waals surface area contributed by atoms with Crippen LogP contribution in [-0.4, -0.2) is 45.0 Å². The number of piperidine rings is 1. The van der Waals surface area contributed by atoms with Gasteiger partial charge in [-0.1, -0.05) is 11.6 Å². The number of rotatable bonds is 2. The molecule has 0 saturated carbocycles. The zero-order valence-electron chi connectivity index (χ0n) is 10.5. The predicted molar refractivity (Wildman–Crippen MR) is 72.3 cm³/mol. The lowest BCUT2D eigenvalue weighted by atomic mass is 10.1. The second-order valence-electron chi connectivity index (χ2n) is 4.74. The fraction of sp³-hybridized carbons (Fsp3) is 0.417. The Kier molecular flexibility index (Phi) is 3.02. The first-order valence-electron chi connectivity index (χ1n) is 6.14. The van der Waals surface area contributed by atoms with Gasteiger partial charge in [-0.2, -0.15) is 4.98 Å². The zero-order valence-corrected chi connectivity index (χ0v) is 11.3. The van der Waals surface area contributed by atoms with E-state index in [1.165, 1.54) is 0 Å². The summed E-state index contributed by atoms with van der Waals surface area (Å²) in [5.74, 6) is 0.753. The predicted octanol–water partition coefficient (Wildman–Crippen LogP) is 1.42. The fourth-order valence-electron chi connectivity index (χ4n) is 2.23. The number of pyridine rings is 1. The molecule has 1 N–H and O–H groups in total. The summed E-state index contributed by atoms with van der Waals surface area (Å²) in [6.45, 7) is 0.676. The first-order valence-corrected chi connectivity index (χ1v) is 6.52. The standard InChI is InChI=1S/C12H14ClN5O/c1-17-7-9(3-5-11(17)19)14-12-15-10-4-2-8(13)6-18(10)16-12/h2,4,6,9H,3,5,7H2,1H3,(H,14,16). The summed E-state index contributed by atoms with van der Waals surface area (Å²) >= 11 is 5.90. The third kappa shape index (κ3) is 2.49. The van der Waals surface area contributed by atoms with E-state index in [0.29, 0.717) is 23.9 Å². The van der Waals surface area contributed by atoms with E-state index in [9.17, 15) is 4.79 Å².